The average molecular weight is 347 g/mol. The number of aromatic nitrogens is 2. The van der Waals surface area contributed by atoms with E-state index >= 15 is 0 Å². The Hall–Kier alpha value is -2.59. The Labute approximate surface area is 153 Å². The van der Waals surface area contributed by atoms with Crippen LogP contribution < -0.4 is 0 Å². The summed E-state index contributed by atoms with van der Waals surface area (Å²) in [5.41, 5.74) is 4.01. The molecule has 0 radical (unpaired) electrons. The maximum Gasteiger partial charge on any atom is 0.123 e. The van der Waals surface area contributed by atoms with Crippen molar-refractivity contribution in [2.75, 3.05) is 13.1 Å². The van der Waals surface area contributed by atoms with Crippen molar-refractivity contribution in [3.63, 3.8) is 0 Å². The van der Waals surface area contributed by atoms with E-state index in [9.17, 15) is 4.39 Å². The summed E-state index contributed by atoms with van der Waals surface area (Å²) in [6.45, 7) is 3.03. The van der Waals surface area contributed by atoms with Crippen LogP contribution in [-0.4, -0.2) is 28.0 Å². The van der Waals surface area contributed by atoms with E-state index in [4.69, 9.17) is 4.98 Å². The largest absolute Gasteiger partial charge is 0.298 e. The molecule has 0 unspecified atom stereocenters. The van der Waals surface area contributed by atoms with Crippen molar-refractivity contribution in [2.45, 2.75) is 25.3 Å². The highest BCUT2D eigenvalue weighted by Gasteiger charge is 2.22. The molecular formula is C22H22FN3. The molecule has 3 nitrogen and oxygen atoms in total. The first-order valence-electron chi connectivity index (χ1n) is 9.12. The van der Waals surface area contributed by atoms with Crippen molar-refractivity contribution in [1.82, 2.24) is 14.9 Å². The normalized spacial score (nSPS) is 18.0. The third kappa shape index (κ3) is 3.97. The number of benzene rings is 1. The zero-order chi connectivity index (χ0) is 17.8. The molecule has 3 heterocycles. The molecule has 1 atom stereocenters. The number of likely N-dealkylation sites (tertiary alicyclic amines) is 1. The summed E-state index contributed by atoms with van der Waals surface area (Å²) in [6.07, 6.45) is 6.05. The van der Waals surface area contributed by atoms with E-state index in [1.165, 1.54) is 11.6 Å². The summed E-state index contributed by atoms with van der Waals surface area (Å²) >= 11 is 0. The predicted octanol–water partition coefficient (Wildman–Crippen LogP) is 4.66. The summed E-state index contributed by atoms with van der Waals surface area (Å²) in [5, 5.41) is 0. The minimum absolute atomic E-state index is 0.227. The van der Waals surface area contributed by atoms with Gasteiger partial charge in [0.15, 0.2) is 0 Å². The number of hydrogen-bond acceptors (Lipinski definition) is 3. The summed E-state index contributed by atoms with van der Waals surface area (Å²) in [5.74, 6) is 0.184. The van der Waals surface area contributed by atoms with E-state index in [-0.39, 0.29) is 5.82 Å². The van der Waals surface area contributed by atoms with Crippen molar-refractivity contribution in [2.24, 2.45) is 0 Å². The fraction of sp³-hybridized carbons (Fsp3) is 0.273. The number of halogens is 1. The molecule has 1 saturated heterocycles. The fourth-order valence-corrected chi connectivity index (χ4v) is 3.68. The van der Waals surface area contributed by atoms with Crippen LogP contribution in [0.1, 0.15) is 30.0 Å². The number of rotatable bonds is 4. The van der Waals surface area contributed by atoms with Gasteiger partial charge in [-0.2, -0.15) is 0 Å². The van der Waals surface area contributed by atoms with Crippen LogP contribution in [0.25, 0.3) is 11.3 Å². The molecule has 0 saturated carbocycles. The van der Waals surface area contributed by atoms with E-state index in [1.807, 2.05) is 36.7 Å². The second-order valence-electron chi connectivity index (χ2n) is 6.89. The molecule has 4 heteroatoms. The summed E-state index contributed by atoms with van der Waals surface area (Å²) < 4.78 is 13.5. The molecule has 0 bridgehead atoms. The average Bonchev–Trinajstić information content (AvgIpc) is 2.69. The lowest BCUT2D eigenvalue weighted by Gasteiger charge is -2.32. The van der Waals surface area contributed by atoms with Gasteiger partial charge in [-0.3, -0.25) is 14.9 Å². The third-order valence-corrected chi connectivity index (χ3v) is 4.94. The molecule has 0 N–H and O–H groups in total. The highest BCUT2D eigenvalue weighted by Crippen LogP contribution is 2.28. The zero-order valence-electron chi connectivity index (χ0n) is 14.7. The maximum absolute atomic E-state index is 13.5. The van der Waals surface area contributed by atoms with Crippen LogP contribution in [0.15, 0.2) is 67.0 Å². The van der Waals surface area contributed by atoms with Gasteiger partial charge in [0.05, 0.1) is 5.69 Å². The Morgan fingerprint density at radius 2 is 2.00 bits per heavy atom. The smallest absolute Gasteiger partial charge is 0.123 e. The number of piperidine rings is 1. The van der Waals surface area contributed by atoms with Crippen molar-refractivity contribution >= 4 is 0 Å². The molecule has 1 fully saturated rings. The Kier molecular flexibility index (Phi) is 5.02. The highest BCUT2D eigenvalue weighted by molar-refractivity contribution is 5.59. The van der Waals surface area contributed by atoms with Crippen LogP contribution in [0.2, 0.25) is 0 Å². The van der Waals surface area contributed by atoms with E-state index in [0.717, 1.165) is 49.4 Å². The minimum atomic E-state index is -0.227. The van der Waals surface area contributed by atoms with Crippen LogP contribution in [-0.2, 0) is 6.54 Å². The third-order valence-electron chi connectivity index (χ3n) is 4.94. The lowest BCUT2D eigenvalue weighted by Crippen LogP contribution is -2.34. The van der Waals surface area contributed by atoms with Gasteiger partial charge in [0.2, 0.25) is 0 Å². The molecule has 1 aromatic carbocycles. The number of nitrogens with zero attached hydrogens (tertiary/aromatic N) is 3. The molecule has 1 aliphatic rings. The Morgan fingerprint density at radius 1 is 1.08 bits per heavy atom. The van der Waals surface area contributed by atoms with Gasteiger partial charge < -0.3 is 0 Å². The quantitative estimate of drug-likeness (QED) is 0.687. The first-order valence-corrected chi connectivity index (χ1v) is 9.12. The molecule has 0 aliphatic carbocycles. The lowest BCUT2D eigenvalue weighted by atomic mass is 9.93. The van der Waals surface area contributed by atoms with Gasteiger partial charge in [-0.25, -0.2) is 4.39 Å². The second-order valence-corrected chi connectivity index (χ2v) is 6.89. The van der Waals surface area contributed by atoms with E-state index in [2.05, 4.69) is 22.0 Å². The highest BCUT2D eigenvalue weighted by atomic mass is 19.1. The topological polar surface area (TPSA) is 29.0 Å². The fourth-order valence-electron chi connectivity index (χ4n) is 3.68. The van der Waals surface area contributed by atoms with E-state index in [0.29, 0.717) is 5.92 Å². The summed E-state index contributed by atoms with van der Waals surface area (Å²) in [6, 6.07) is 16.8. The Morgan fingerprint density at radius 3 is 2.85 bits per heavy atom. The molecule has 2 aromatic heterocycles. The van der Waals surface area contributed by atoms with E-state index < -0.39 is 0 Å². The maximum atomic E-state index is 13.5. The first-order chi connectivity index (χ1) is 12.8. The summed E-state index contributed by atoms with van der Waals surface area (Å²) in [7, 11) is 0. The minimum Gasteiger partial charge on any atom is -0.298 e. The van der Waals surface area contributed by atoms with Gasteiger partial charge in [0, 0.05) is 42.7 Å². The van der Waals surface area contributed by atoms with Crippen LogP contribution in [0, 0.1) is 5.82 Å². The van der Waals surface area contributed by atoms with Crippen LogP contribution in [0.5, 0.6) is 0 Å². The van der Waals surface area contributed by atoms with Crippen molar-refractivity contribution in [1.29, 1.82) is 0 Å². The van der Waals surface area contributed by atoms with Gasteiger partial charge in [-0.15, -0.1) is 0 Å². The van der Waals surface area contributed by atoms with Crippen molar-refractivity contribution in [3.05, 3.63) is 84.1 Å². The zero-order valence-corrected chi connectivity index (χ0v) is 14.7. The van der Waals surface area contributed by atoms with Gasteiger partial charge in [-0.1, -0.05) is 24.3 Å². The number of hydrogen-bond donors (Lipinski definition) is 0. The van der Waals surface area contributed by atoms with Gasteiger partial charge in [-0.05, 0) is 55.3 Å². The van der Waals surface area contributed by atoms with Crippen molar-refractivity contribution in [3.8, 4) is 11.3 Å². The van der Waals surface area contributed by atoms with E-state index in [1.54, 1.807) is 12.1 Å². The molecular weight excluding hydrogens is 325 g/mol. The molecule has 0 spiro atoms. The standard InChI is InChI=1S/C22H22FN3/c23-20-8-1-6-18(13-20)21-9-2-10-22(25-21)19-7-4-12-26(16-19)15-17-5-3-11-24-14-17/h1-3,5-6,8-11,13-14,19H,4,7,12,15-16H2/t19-/m1/s1. The molecule has 1 aliphatic heterocycles. The predicted molar refractivity (Wildman–Crippen MR) is 101 cm³/mol. The molecule has 3 aromatic rings. The van der Waals surface area contributed by atoms with Crippen molar-refractivity contribution < 1.29 is 4.39 Å². The molecule has 0 amide bonds. The SMILES string of the molecule is Fc1cccc(-c2cccc([C@@H]3CCCN(Cc4cccnc4)C3)n2)c1. The Balaban J connectivity index is 1.51. The van der Waals surface area contributed by atoms with Crippen LogP contribution >= 0.6 is 0 Å². The van der Waals surface area contributed by atoms with Gasteiger partial charge in [0.25, 0.3) is 0 Å². The van der Waals surface area contributed by atoms with Crippen LogP contribution in [0.4, 0.5) is 4.39 Å². The van der Waals surface area contributed by atoms with Crippen LogP contribution in [0.3, 0.4) is 0 Å². The molecule has 132 valence electrons. The Bertz CT molecular complexity index is 866. The molecule has 4 rings (SSSR count). The van der Waals surface area contributed by atoms with Gasteiger partial charge >= 0.3 is 0 Å². The molecule has 26 heavy (non-hydrogen) atoms. The monoisotopic (exact) mass is 347 g/mol. The lowest BCUT2D eigenvalue weighted by molar-refractivity contribution is 0.198. The first kappa shape index (κ1) is 16.9. The second kappa shape index (κ2) is 7.75. The summed E-state index contributed by atoms with van der Waals surface area (Å²) in [4.78, 5) is 11.5. The number of pyridine rings is 2. The van der Waals surface area contributed by atoms with Gasteiger partial charge in [0.1, 0.15) is 5.82 Å².